The van der Waals surface area contributed by atoms with E-state index in [1.165, 1.54) is 18.2 Å². The topological polar surface area (TPSA) is 74.3 Å². The Kier molecular flexibility index (Phi) is 5.31. The number of imide groups is 1. The Balaban J connectivity index is 1.38. The number of nitrogens with zero attached hydrogens (tertiary/aromatic N) is 2. The Morgan fingerprint density at radius 1 is 1.18 bits per heavy atom. The van der Waals surface area contributed by atoms with E-state index in [0.29, 0.717) is 0 Å². The summed E-state index contributed by atoms with van der Waals surface area (Å²) in [5, 5.41) is 5.61. The third-order valence-corrected chi connectivity index (χ3v) is 5.82. The highest BCUT2D eigenvalue weighted by Gasteiger charge is 2.30. The third kappa shape index (κ3) is 4.02. The van der Waals surface area contributed by atoms with Crippen LogP contribution >= 0.6 is 11.3 Å². The molecule has 3 aromatic rings. The third-order valence-electron chi connectivity index (χ3n) is 4.68. The first-order valence-corrected chi connectivity index (χ1v) is 9.87. The number of halogens is 1. The first-order chi connectivity index (χ1) is 13.6. The molecule has 1 aromatic heterocycles. The van der Waals surface area contributed by atoms with Crippen LogP contribution in [0.2, 0.25) is 0 Å². The van der Waals surface area contributed by atoms with E-state index in [9.17, 15) is 14.0 Å². The second-order valence-electron chi connectivity index (χ2n) is 6.63. The zero-order valence-electron chi connectivity index (χ0n) is 15.0. The van der Waals surface area contributed by atoms with Crippen molar-refractivity contribution in [2.75, 3.05) is 18.4 Å². The van der Waals surface area contributed by atoms with Crippen molar-refractivity contribution in [3.63, 3.8) is 0 Å². The smallest absolute Gasteiger partial charge is 0.305 e. The number of anilines is 1. The number of carbonyl (C=O) groups is 2. The van der Waals surface area contributed by atoms with Gasteiger partial charge >= 0.3 is 6.03 Å². The van der Waals surface area contributed by atoms with Gasteiger partial charge in [0.1, 0.15) is 10.8 Å². The Bertz CT molecular complexity index is 989. The summed E-state index contributed by atoms with van der Waals surface area (Å²) in [6.45, 7) is 0.855. The van der Waals surface area contributed by atoms with E-state index in [-0.39, 0.29) is 18.3 Å². The largest absolute Gasteiger partial charge is 0.326 e. The number of para-hydroxylation sites is 2. The standard InChI is InChI=1S/C20H19FN4O2S/c21-13-6-1-2-7-14(13)23-20(27)24-18(26)12-25-11-5-9-16(25)19-22-15-8-3-4-10-17(15)28-19/h1-4,6-8,10,16H,5,9,11-12H2,(H2,23,24,26,27)/t16-/m0/s1. The molecule has 28 heavy (non-hydrogen) atoms. The number of likely N-dealkylation sites (tertiary alicyclic amines) is 1. The molecule has 0 aliphatic carbocycles. The van der Waals surface area contributed by atoms with Crippen LogP contribution in [0.5, 0.6) is 0 Å². The van der Waals surface area contributed by atoms with Gasteiger partial charge in [0.15, 0.2) is 0 Å². The van der Waals surface area contributed by atoms with Crippen LogP contribution in [-0.2, 0) is 4.79 Å². The minimum atomic E-state index is -0.745. The minimum Gasteiger partial charge on any atom is -0.305 e. The average Bonchev–Trinajstić information content (AvgIpc) is 3.29. The Morgan fingerprint density at radius 3 is 2.79 bits per heavy atom. The van der Waals surface area contributed by atoms with Crippen molar-refractivity contribution in [2.24, 2.45) is 0 Å². The Morgan fingerprint density at radius 2 is 1.96 bits per heavy atom. The number of fused-ring (bicyclic) bond motifs is 1. The molecule has 2 heterocycles. The van der Waals surface area contributed by atoms with Crippen LogP contribution in [0.1, 0.15) is 23.9 Å². The first kappa shape index (κ1) is 18.5. The van der Waals surface area contributed by atoms with E-state index in [2.05, 4.69) is 10.6 Å². The van der Waals surface area contributed by atoms with E-state index in [1.54, 1.807) is 17.4 Å². The number of benzene rings is 2. The van der Waals surface area contributed by atoms with E-state index < -0.39 is 17.8 Å². The number of aromatic nitrogens is 1. The lowest BCUT2D eigenvalue weighted by molar-refractivity contribution is -0.121. The summed E-state index contributed by atoms with van der Waals surface area (Å²) in [4.78, 5) is 31.0. The van der Waals surface area contributed by atoms with Crippen molar-refractivity contribution in [3.05, 3.63) is 59.4 Å². The maximum Gasteiger partial charge on any atom is 0.326 e. The second kappa shape index (κ2) is 8.04. The van der Waals surface area contributed by atoms with E-state index in [1.807, 2.05) is 29.2 Å². The first-order valence-electron chi connectivity index (χ1n) is 9.05. The van der Waals surface area contributed by atoms with Crippen molar-refractivity contribution in [3.8, 4) is 0 Å². The molecule has 2 N–H and O–H groups in total. The molecule has 1 atom stereocenters. The molecular formula is C20H19FN4O2S. The van der Waals surface area contributed by atoms with Gasteiger partial charge in [0.2, 0.25) is 5.91 Å². The summed E-state index contributed by atoms with van der Waals surface area (Å²) < 4.78 is 14.7. The van der Waals surface area contributed by atoms with Gasteiger partial charge < -0.3 is 5.32 Å². The van der Waals surface area contributed by atoms with Crippen molar-refractivity contribution < 1.29 is 14.0 Å². The van der Waals surface area contributed by atoms with Crippen LogP contribution in [0.4, 0.5) is 14.9 Å². The number of nitrogens with one attached hydrogen (secondary N) is 2. The zero-order chi connectivity index (χ0) is 19.5. The number of thiazole rings is 1. The lowest BCUT2D eigenvalue weighted by atomic mass is 10.2. The van der Waals surface area contributed by atoms with Crippen LogP contribution in [0.25, 0.3) is 10.2 Å². The summed E-state index contributed by atoms with van der Waals surface area (Å²) in [6.07, 6.45) is 1.89. The number of amides is 3. The molecule has 8 heteroatoms. The van der Waals surface area contributed by atoms with Crippen LogP contribution in [0, 0.1) is 5.82 Å². The average molecular weight is 398 g/mol. The van der Waals surface area contributed by atoms with Gasteiger partial charge in [-0.2, -0.15) is 0 Å². The quantitative estimate of drug-likeness (QED) is 0.699. The lowest BCUT2D eigenvalue weighted by Gasteiger charge is -2.21. The van der Waals surface area contributed by atoms with Gasteiger partial charge in [-0.15, -0.1) is 11.3 Å². The number of hydrogen-bond donors (Lipinski definition) is 2. The zero-order valence-corrected chi connectivity index (χ0v) is 15.8. The van der Waals surface area contributed by atoms with Gasteiger partial charge in [0.05, 0.1) is 28.5 Å². The van der Waals surface area contributed by atoms with E-state index in [4.69, 9.17) is 4.98 Å². The molecule has 0 bridgehead atoms. The molecule has 4 rings (SSSR count). The molecule has 1 aliphatic heterocycles. The molecule has 2 aromatic carbocycles. The molecule has 144 valence electrons. The molecule has 0 saturated carbocycles. The molecule has 3 amide bonds. The predicted molar refractivity (Wildman–Crippen MR) is 107 cm³/mol. The van der Waals surface area contributed by atoms with Gasteiger partial charge in [0.25, 0.3) is 0 Å². The van der Waals surface area contributed by atoms with Gasteiger partial charge in [0, 0.05) is 0 Å². The molecule has 0 radical (unpaired) electrons. The summed E-state index contributed by atoms with van der Waals surface area (Å²) in [5.74, 6) is -0.984. The fraction of sp³-hybridized carbons (Fsp3) is 0.250. The number of urea groups is 1. The molecule has 1 fully saturated rings. The summed E-state index contributed by atoms with van der Waals surface area (Å²) in [6, 6.07) is 13.1. The van der Waals surface area contributed by atoms with Gasteiger partial charge in [-0.25, -0.2) is 14.2 Å². The van der Waals surface area contributed by atoms with Crippen LogP contribution in [0.3, 0.4) is 0 Å². The van der Waals surface area contributed by atoms with Crippen LogP contribution in [-0.4, -0.2) is 34.9 Å². The fourth-order valence-electron chi connectivity index (χ4n) is 3.39. The monoisotopic (exact) mass is 398 g/mol. The van der Waals surface area contributed by atoms with Gasteiger partial charge in [-0.05, 0) is 43.7 Å². The van der Waals surface area contributed by atoms with Crippen molar-refractivity contribution >= 4 is 39.2 Å². The van der Waals surface area contributed by atoms with E-state index in [0.717, 1.165) is 34.6 Å². The van der Waals surface area contributed by atoms with Gasteiger partial charge in [-0.1, -0.05) is 24.3 Å². The number of carbonyl (C=O) groups excluding carboxylic acids is 2. The normalized spacial score (nSPS) is 17.0. The van der Waals surface area contributed by atoms with Gasteiger partial charge in [-0.3, -0.25) is 15.0 Å². The molecule has 1 aliphatic rings. The maximum atomic E-state index is 13.6. The molecule has 6 nitrogen and oxygen atoms in total. The second-order valence-corrected chi connectivity index (χ2v) is 7.69. The van der Waals surface area contributed by atoms with Crippen molar-refractivity contribution in [2.45, 2.75) is 18.9 Å². The lowest BCUT2D eigenvalue weighted by Crippen LogP contribution is -2.41. The Hall–Kier alpha value is -2.84. The van der Waals surface area contributed by atoms with E-state index >= 15 is 0 Å². The summed E-state index contributed by atoms with van der Waals surface area (Å²) in [7, 11) is 0. The van der Waals surface area contributed by atoms with Crippen LogP contribution < -0.4 is 10.6 Å². The molecular weight excluding hydrogens is 379 g/mol. The highest BCUT2D eigenvalue weighted by molar-refractivity contribution is 7.18. The summed E-state index contributed by atoms with van der Waals surface area (Å²) >= 11 is 1.64. The SMILES string of the molecule is O=C(CN1CCC[C@H]1c1nc2ccccc2s1)NC(=O)Nc1ccccc1F. The fourth-order valence-corrected chi connectivity index (χ4v) is 4.53. The summed E-state index contributed by atoms with van der Waals surface area (Å²) in [5.41, 5.74) is 0.990. The molecule has 0 spiro atoms. The predicted octanol–water partition coefficient (Wildman–Crippen LogP) is 3.92. The maximum absolute atomic E-state index is 13.6. The number of hydrogen-bond acceptors (Lipinski definition) is 5. The van der Waals surface area contributed by atoms with Crippen LogP contribution in [0.15, 0.2) is 48.5 Å². The molecule has 0 unspecified atom stereocenters. The number of rotatable bonds is 4. The Labute approximate surface area is 165 Å². The highest BCUT2D eigenvalue weighted by atomic mass is 32.1. The highest BCUT2D eigenvalue weighted by Crippen LogP contribution is 2.36. The van der Waals surface area contributed by atoms with Crippen molar-refractivity contribution in [1.29, 1.82) is 0 Å². The van der Waals surface area contributed by atoms with Crippen molar-refractivity contribution in [1.82, 2.24) is 15.2 Å². The minimum absolute atomic E-state index is 0.0290. The molecule has 1 saturated heterocycles.